The van der Waals surface area contributed by atoms with Gasteiger partial charge in [-0.15, -0.1) is 0 Å². The zero-order valence-corrected chi connectivity index (χ0v) is 11.9. The summed E-state index contributed by atoms with van der Waals surface area (Å²) in [5.74, 6) is 0.792. The van der Waals surface area contributed by atoms with E-state index in [-0.39, 0.29) is 12.0 Å². The predicted molar refractivity (Wildman–Crippen MR) is 73.9 cm³/mol. The second kappa shape index (κ2) is 5.80. The molecule has 3 rings (SSSR count). The lowest BCUT2D eigenvalue weighted by molar-refractivity contribution is -0.144. The average molecular weight is 266 g/mol. The Balaban J connectivity index is 1.61. The number of carbonyl (C=O) groups is 1. The first-order valence-electron chi connectivity index (χ1n) is 7.86. The van der Waals surface area contributed by atoms with Crippen molar-refractivity contribution in [3.05, 3.63) is 0 Å². The summed E-state index contributed by atoms with van der Waals surface area (Å²) in [5.41, 5.74) is 0. The van der Waals surface area contributed by atoms with Crippen LogP contribution in [0, 0.1) is 5.92 Å². The molecular formula is C15H26N2O2. The number of ether oxygens (including phenoxy) is 1. The molecule has 1 aliphatic heterocycles. The van der Waals surface area contributed by atoms with Crippen molar-refractivity contribution in [2.45, 2.75) is 63.1 Å². The molecule has 2 saturated carbocycles. The minimum absolute atomic E-state index is 0.0907. The van der Waals surface area contributed by atoms with Crippen LogP contribution in [-0.2, 0) is 9.53 Å². The van der Waals surface area contributed by atoms with Gasteiger partial charge in [-0.1, -0.05) is 6.42 Å². The van der Waals surface area contributed by atoms with Crippen molar-refractivity contribution in [1.29, 1.82) is 0 Å². The molecule has 0 bridgehead atoms. The van der Waals surface area contributed by atoms with Gasteiger partial charge in [-0.2, -0.15) is 0 Å². The molecule has 19 heavy (non-hydrogen) atoms. The SMILES string of the molecule is COC(=O)C(CN1CCCC2CCCC21)NC1CC1. The Morgan fingerprint density at radius 3 is 2.79 bits per heavy atom. The van der Waals surface area contributed by atoms with Crippen molar-refractivity contribution >= 4 is 5.97 Å². The van der Waals surface area contributed by atoms with Crippen LogP contribution in [0.5, 0.6) is 0 Å². The minimum atomic E-state index is -0.128. The van der Waals surface area contributed by atoms with Crippen molar-refractivity contribution < 1.29 is 9.53 Å². The Morgan fingerprint density at radius 1 is 1.26 bits per heavy atom. The van der Waals surface area contributed by atoms with Crippen molar-refractivity contribution in [3.8, 4) is 0 Å². The van der Waals surface area contributed by atoms with E-state index in [0.717, 1.165) is 25.0 Å². The number of carbonyl (C=O) groups excluding carboxylic acids is 1. The number of hydrogen-bond acceptors (Lipinski definition) is 4. The molecule has 3 fully saturated rings. The monoisotopic (exact) mass is 266 g/mol. The van der Waals surface area contributed by atoms with Gasteiger partial charge in [0, 0.05) is 18.6 Å². The number of piperidine rings is 1. The summed E-state index contributed by atoms with van der Waals surface area (Å²) in [6.45, 7) is 1.99. The molecule has 4 nitrogen and oxygen atoms in total. The first kappa shape index (κ1) is 13.4. The Morgan fingerprint density at radius 2 is 2.05 bits per heavy atom. The number of nitrogens with one attached hydrogen (secondary N) is 1. The zero-order chi connectivity index (χ0) is 13.2. The maximum Gasteiger partial charge on any atom is 0.324 e. The van der Waals surface area contributed by atoms with E-state index in [2.05, 4.69) is 10.2 Å². The van der Waals surface area contributed by atoms with Gasteiger partial charge in [0.2, 0.25) is 0 Å². The molecule has 3 aliphatic rings. The van der Waals surface area contributed by atoms with E-state index in [1.54, 1.807) is 0 Å². The quantitative estimate of drug-likeness (QED) is 0.767. The highest BCUT2D eigenvalue weighted by Crippen LogP contribution is 2.36. The Hall–Kier alpha value is -0.610. The summed E-state index contributed by atoms with van der Waals surface area (Å²) in [6, 6.07) is 1.15. The van der Waals surface area contributed by atoms with Crippen molar-refractivity contribution in [3.63, 3.8) is 0 Å². The molecular weight excluding hydrogens is 240 g/mol. The van der Waals surface area contributed by atoms with E-state index in [1.165, 1.54) is 52.1 Å². The molecule has 2 aliphatic carbocycles. The largest absolute Gasteiger partial charge is 0.468 e. The molecule has 1 N–H and O–H groups in total. The third kappa shape index (κ3) is 3.11. The van der Waals surface area contributed by atoms with Gasteiger partial charge in [-0.05, 0) is 51.0 Å². The fraction of sp³-hybridized carbons (Fsp3) is 0.933. The van der Waals surface area contributed by atoms with E-state index < -0.39 is 0 Å². The minimum Gasteiger partial charge on any atom is -0.468 e. The van der Waals surface area contributed by atoms with Crippen molar-refractivity contribution in [2.75, 3.05) is 20.2 Å². The van der Waals surface area contributed by atoms with Gasteiger partial charge in [-0.3, -0.25) is 9.69 Å². The molecule has 0 radical (unpaired) electrons. The summed E-state index contributed by atoms with van der Waals surface area (Å²) in [7, 11) is 1.50. The van der Waals surface area contributed by atoms with Gasteiger partial charge in [0.1, 0.15) is 6.04 Å². The first-order valence-corrected chi connectivity index (χ1v) is 7.86. The number of rotatable bonds is 5. The lowest BCUT2D eigenvalue weighted by Gasteiger charge is -2.39. The molecule has 1 saturated heterocycles. The number of methoxy groups -OCH3 is 1. The van der Waals surface area contributed by atoms with Gasteiger partial charge in [-0.25, -0.2) is 0 Å². The molecule has 0 aromatic carbocycles. The topological polar surface area (TPSA) is 41.6 Å². The average Bonchev–Trinajstić information content (AvgIpc) is 3.11. The highest BCUT2D eigenvalue weighted by Gasteiger charge is 2.38. The molecule has 3 unspecified atom stereocenters. The lowest BCUT2D eigenvalue weighted by atomic mass is 9.91. The molecule has 3 atom stereocenters. The smallest absolute Gasteiger partial charge is 0.324 e. The fourth-order valence-electron chi connectivity index (χ4n) is 3.89. The normalized spacial score (nSPS) is 32.9. The van der Waals surface area contributed by atoms with E-state index in [1.807, 2.05) is 0 Å². The molecule has 0 aromatic heterocycles. The maximum absolute atomic E-state index is 11.9. The number of likely N-dealkylation sites (tertiary alicyclic amines) is 1. The van der Waals surface area contributed by atoms with Crippen LogP contribution < -0.4 is 5.32 Å². The highest BCUT2D eigenvalue weighted by atomic mass is 16.5. The van der Waals surface area contributed by atoms with Gasteiger partial charge in [0.15, 0.2) is 0 Å². The number of hydrogen-bond donors (Lipinski definition) is 1. The fourth-order valence-corrected chi connectivity index (χ4v) is 3.89. The highest BCUT2D eigenvalue weighted by molar-refractivity contribution is 5.76. The van der Waals surface area contributed by atoms with Crippen LogP contribution in [0.2, 0.25) is 0 Å². The second-order valence-electron chi connectivity index (χ2n) is 6.41. The van der Waals surface area contributed by atoms with Crippen LogP contribution in [-0.4, -0.2) is 49.2 Å². The van der Waals surface area contributed by atoms with E-state index in [0.29, 0.717) is 6.04 Å². The first-order chi connectivity index (χ1) is 9.28. The molecule has 108 valence electrons. The maximum atomic E-state index is 11.9. The van der Waals surface area contributed by atoms with Crippen LogP contribution in [0.25, 0.3) is 0 Å². The van der Waals surface area contributed by atoms with Gasteiger partial charge < -0.3 is 10.1 Å². The molecule has 4 heteroatoms. The van der Waals surface area contributed by atoms with E-state index in [4.69, 9.17) is 4.74 Å². The van der Waals surface area contributed by atoms with Crippen LogP contribution in [0.4, 0.5) is 0 Å². The number of fused-ring (bicyclic) bond motifs is 1. The summed E-state index contributed by atoms with van der Waals surface area (Å²) < 4.78 is 4.97. The van der Waals surface area contributed by atoms with Gasteiger partial charge in [0.25, 0.3) is 0 Å². The van der Waals surface area contributed by atoms with Crippen LogP contribution in [0.15, 0.2) is 0 Å². The standard InChI is InChI=1S/C15H26N2O2/c1-19-15(18)13(16-12-7-8-12)10-17-9-3-5-11-4-2-6-14(11)17/h11-14,16H,2-10H2,1H3. The van der Waals surface area contributed by atoms with E-state index >= 15 is 0 Å². The molecule has 1 heterocycles. The number of nitrogens with zero attached hydrogens (tertiary/aromatic N) is 1. The lowest BCUT2D eigenvalue weighted by Crippen LogP contribution is -2.52. The zero-order valence-electron chi connectivity index (χ0n) is 11.9. The third-order valence-corrected chi connectivity index (χ3v) is 5.03. The molecule has 0 aromatic rings. The van der Waals surface area contributed by atoms with Gasteiger partial charge in [0.05, 0.1) is 7.11 Å². The van der Waals surface area contributed by atoms with Crippen molar-refractivity contribution in [1.82, 2.24) is 10.2 Å². The molecule has 0 amide bonds. The second-order valence-corrected chi connectivity index (χ2v) is 6.41. The number of esters is 1. The van der Waals surface area contributed by atoms with Crippen LogP contribution in [0.1, 0.15) is 44.9 Å². The summed E-state index contributed by atoms with van der Waals surface area (Å²) in [4.78, 5) is 14.5. The van der Waals surface area contributed by atoms with Gasteiger partial charge >= 0.3 is 5.97 Å². The molecule has 0 spiro atoms. The summed E-state index contributed by atoms with van der Waals surface area (Å²) in [6.07, 6.45) is 9.17. The van der Waals surface area contributed by atoms with E-state index in [9.17, 15) is 4.79 Å². The Kier molecular flexibility index (Phi) is 4.08. The predicted octanol–water partition coefficient (Wildman–Crippen LogP) is 1.54. The summed E-state index contributed by atoms with van der Waals surface area (Å²) in [5, 5.41) is 3.45. The Bertz CT molecular complexity index is 330. The summed E-state index contributed by atoms with van der Waals surface area (Å²) >= 11 is 0. The van der Waals surface area contributed by atoms with Crippen molar-refractivity contribution in [2.24, 2.45) is 5.92 Å². The van der Waals surface area contributed by atoms with Crippen LogP contribution in [0.3, 0.4) is 0 Å². The van der Waals surface area contributed by atoms with Crippen LogP contribution >= 0.6 is 0 Å². The Labute approximate surface area is 115 Å². The third-order valence-electron chi connectivity index (χ3n) is 5.03.